The van der Waals surface area contributed by atoms with Crippen molar-refractivity contribution >= 4 is 11.9 Å². The van der Waals surface area contributed by atoms with E-state index in [1.165, 1.54) is 5.56 Å². The van der Waals surface area contributed by atoms with Gasteiger partial charge in [0.1, 0.15) is 6.04 Å². The number of carboxylic acids is 1. The maximum Gasteiger partial charge on any atom is 0.326 e. The Balaban J connectivity index is 1.92. The first-order chi connectivity index (χ1) is 11.5. The average Bonchev–Trinajstić information content (AvgIpc) is 2.54. The lowest BCUT2D eigenvalue weighted by Gasteiger charge is -2.15. The summed E-state index contributed by atoms with van der Waals surface area (Å²) in [6.07, 6.45) is 1.17. The summed E-state index contributed by atoms with van der Waals surface area (Å²) in [5.41, 5.74) is 4.35. The summed E-state index contributed by atoms with van der Waals surface area (Å²) in [5.74, 6) is -1.25. The van der Waals surface area contributed by atoms with Crippen molar-refractivity contribution < 1.29 is 14.7 Å². The first-order valence-electron chi connectivity index (χ1n) is 8.08. The number of rotatable bonds is 7. The van der Waals surface area contributed by atoms with Crippen LogP contribution in [0.2, 0.25) is 0 Å². The Bertz CT molecular complexity index is 710. The van der Waals surface area contributed by atoms with Crippen molar-refractivity contribution in [2.75, 3.05) is 0 Å². The van der Waals surface area contributed by atoms with E-state index in [2.05, 4.69) is 11.4 Å². The molecule has 126 valence electrons. The van der Waals surface area contributed by atoms with Gasteiger partial charge >= 0.3 is 5.97 Å². The first kappa shape index (κ1) is 17.7. The van der Waals surface area contributed by atoms with E-state index >= 15 is 0 Å². The standard InChI is InChI=1S/C20H23NO3/c1-14-8-9-17(15(2)12-14)10-11-19(22)21-18(20(23)24)13-16-6-4-3-5-7-16/h3-9,12,18H,10-11,13H2,1-2H3,(H,21,22)(H,23,24)/t18-/m0/s1. The molecular weight excluding hydrogens is 302 g/mol. The molecule has 0 fully saturated rings. The van der Waals surface area contributed by atoms with Gasteiger partial charge in [0.15, 0.2) is 0 Å². The van der Waals surface area contributed by atoms with Crippen molar-refractivity contribution in [2.24, 2.45) is 0 Å². The smallest absolute Gasteiger partial charge is 0.326 e. The third-order valence-corrected chi connectivity index (χ3v) is 4.04. The number of carbonyl (C=O) groups is 2. The Hall–Kier alpha value is -2.62. The molecule has 0 radical (unpaired) electrons. The molecule has 0 aliphatic heterocycles. The second-order valence-corrected chi connectivity index (χ2v) is 6.08. The second kappa shape index (κ2) is 8.29. The highest BCUT2D eigenvalue weighted by Gasteiger charge is 2.20. The molecule has 0 saturated heterocycles. The molecule has 24 heavy (non-hydrogen) atoms. The van der Waals surface area contributed by atoms with E-state index in [1.807, 2.05) is 56.3 Å². The monoisotopic (exact) mass is 325 g/mol. The van der Waals surface area contributed by atoms with Crippen LogP contribution in [0, 0.1) is 13.8 Å². The fraction of sp³-hybridized carbons (Fsp3) is 0.300. The minimum Gasteiger partial charge on any atom is -0.480 e. The lowest BCUT2D eigenvalue weighted by molar-refractivity contribution is -0.141. The van der Waals surface area contributed by atoms with Gasteiger partial charge in [0.25, 0.3) is 0 Å². The maximum atomic E-state index is 12.1. The molecule has 0 heterocycles. The van der Waals surface area contributed by atoms with Crippen LogP contribution in [0.4, 0.5) is 0 Å². The number of aryl methyl sites for hydroxylation is 3. The van der Waals surface area contributed by atoms with Gasteiger partial charge in [-0.25, -0.2) is 4.79 Å². The SMILES string of the molecule is Cc1ccc(CCC(=O)N[C@@H](Cc2ccccc2)C(=O)O)c(C)c1. The van der Waals surface area contributed by atoms with Crippen LogP contribution in [-0.4, -0.2) is 23.0 Å². The third kappa shape index (κ3) is 5.23. The number of benzene rings is 2. The molecule has 2 aromatic carbocycles. The summed E-state index contributed by atoms with van der Waals surface area (Å²) < 4.78 is 0. The molecule has 0 spiro atoms. The van der Waals surface area contributed by atoms with Gasteiger partial charge in [0.2, 0.25) is 5.91 Å². The van der Waals surface area contributed by atoms with Gasteiger partial charge in [-0.15, -0.1) is 0 Å². The molecule has 0 saturated carbocycles. The van der Waals surface area contributed by atoms with Crippen LogP contribution in [-0.2, 0) is 22.4 Å². The van der Waals surface area contributed by atoms with E-state index in [-0.39, 0.29) is 18.7 Å². The van der Waals surface area contributed by atoms with Gasteiger partial charge in [-0.3, -0.25) is 4.79 Å². The number of carboxylic acid groups (broad SMARTS) is 1. The van der Waals surface area contributed by atoms with Crippen LogP contribution >= 0.6 is 0 Å². The first-order valence-corrected chi connectivity index (χ1v) is 8.08. The summed E-state index contributed by atoms with van der Waals surface area (Å²) in [4.78, 5) is 23.5. The zero-order valence-corrected chi connectivity index (χ0v) is 14.1. The van der Waals surface area contributed by atoms with Crippen molar-refractivity contribution in [3.63, 3.8) is 0 Å². The van der Waals surface area contributed by atoms with Gasteiger partial charge in [-0.1, -0.05) is 54.1 Å². The highest BCUT2D eigenvalue weighted by atomic mass is 16.4. The van der Waals surface area contributed by atoms with Crippen LogP contribution in [0.1, 0.15) is 28.7 Å². The van der Waals surface area contributed by atoms with Crippen molar-refractivity contribution in [3.8, 4) is 0 Å². The third-order valence-electron chi connectivity index (χ3n) is 4.04. The van der Waals surface area contributed by atoms with Crippen LogP contribution in [0.3, 0.4) is 0 Å². The normalized spacial score (nSPS) is 11.8. The zero-order chi connectivity index (χ0) is 17.5. The predicted molar refractivity (Wildman–Crippen MR) is 93.9 cm³/mol. The number of hydrogen-bond acceptors (Lipinski definition) is 2. The molecule has 0 bridgehead atoms. The van der Waals surface area contributed by atoms with E-state index < -0.39 is 12.0 Å². The van der Waals surface area contributed by atoms with E-state index in [1.54, 1.807) is 0 Å². The molecule has 1 amide bonds. The molecule has 0 aliphatic rings. The fourth-order valence-electron chi connectivity index (χ4n) is 2.69. The lowest BCUT2D eigenvalue weighted by atomic mass is 10.0. The molecule has 2 rings (SSSR count). The number of carbonyl (C=O) groups excluding carboxylic acids is 1. The van der Waals surface area contributed by atoms with Gasteiger partial charge in [0, 0.05) is 12.8 Å². The average molecular weight is 325 g/mol. The van der Waals surface area contributed by atoms with E-state index in [0.29, 0.717) is 6.42 Å². The van der Waals surface area contributed by atoms with Crippen molar-refractivity contribution in [1.29, 1.82) is 0 Å². The molecule has 0 aromatic heterocycles. The molecule has 2 aromatic rings. The lowest BCUT2D eigenvalue weighted by Crippen LogP contribution is -2.42. The van der Waals surface area contributed by atoms with Gasteiger partial charge < -0.3 is 10.4 Å². The van der Waals surface area contributed by atoms with E-state index in [4.69, 9.17) is 0 Å². The van der Waals surface area contributed by atoms with Gasteiger partial charge in [-0.05, 0) is 37.0 Å². The largest absolute Gasteiger partial charge is 0.480 e. The summed E-state index contributed by atoms with van der Waals surface area (Å²) in [6.45, 7) is 4.06. The quantitative estimate of drug-likeness (QED) is 0.822. The molecule has 2 N–H and O–H groups in total. The Morgan fingerprint density at radius 1 is 1.08 bits per heavy atom. The Morgan fingerprint density at radius 3 is 2.42 bits per heavy atom. The summed E-state index contributed by atoms with van der Waals surface area (Å²) in [6, 6.07) is 14.5. The summed E-state index contributed by atoms with van der Waals surface area (Å²) in [7, 11) is 0. The Kier molecular flexibility index (Phi) is 6.13. The molecule has 0 unspecified atom stereocenters. The number of aliphatic carboxylic acids is 1. The number of amides is 1. The zero-order valence-electron chi connectivity index (χ0n) is 14.1. The molecule has 1 atom stereocenters. The Morgan fingerprint density at radius 2 is 1.79 bits per heavy atom. The van der Waals surface area contributed by atoms with Crippen molar-refractivity contribution in [3.05, 3.63) is 70.8 Å². The minimum atomic E-state index is -1.02. The predicted octanol–water partition coefficient (Wildman–Crippen LogP) is 3.05. The molecule has 4 heteroatoms. The number of hydrogen-bond donors (Lipinski definition) is 2. The highest BCUT2D eigenvalue weighted by Crippen LogP contribution is 2.12. The second-order valence-electron chi connectivity index (χ2n) is 6.08. The minimum absolute atomic E-state index is 0.238. The van der Waals surface area contributed by atoms with Crippen molar-refractivity contribution in [2.45, 2.75) is 39.2 Å². The van der Waals surface area contributed by atoms with E-state index in [0.717, 1.165) is 16.7 Å². The van der Waals surface area contributed by atoms with Gasteiger partial charge in [-0.2, -0.15) is 0 Å². The number of nitrogens with one attached hydrogen (secondary N) is 1. The fourth-order valence-corrected chi connectivity index (χ4v) is 2.69. The Labute approximate surface area is 142 Å². The molecule has 0 aliphatic carbocycles. The van der Waals surface area contributed by atoms with E-state index in [9.17, 15) is 14.7 Å². The molecular formula is C20H23NO3. The van der Waals surface area contributed by atoms with Crippen LogP contribution in [0.15, 0.2) is 48.5 Å². The summed E-state index contributed by atoms with van der Waals surface area (Å²) in [5, 5.41) is 12.0. The summed E-state index contributed by atoms with van der Waals surface area (Å²) >= 11 is 0. The maximum absolute atomic E-state index is 12.1. The molecule has 4 nitrogen and oxygen atoms in total. The highest BCUT2D eigenvalue weighted by molar-refractivity contribution is 5.83. The van der Waals surface area contributed by atoms with Crippen LogP contribution in [0.25, 0.3) is 0 Å². The van der Waals surface area contributed by atoms with Crippen molar-refractivity contribution in [1.82, 2.24) is 5.32 Å². The topological polar surface area (TPSA) is 66.4 Å². The van der Waals surface area contributed by atoms with Crippen LogP contribution < -0.4 is 5.32 Å². The van der Waals surface area contributed by atoms with Crippen LogP contribution in [0.5, 0.6) is 0 Å². The van der Waals surface area contributed by atoms with Gasteiger partial charge in [0.05, 0.1) is 0 Å².